The van der Waals surface area contributed by atoms with Crippen LogP contribution in [0.1, 0.15) is 38.1 Å². The normalized spacial score (nSPS) is 21.9. The standard InChI is InChI=1S/C15H23NO3S/c1-11(10-20-2)15(18)16-7-3-5-12(16)9-13(17)14-6-4-8-19-14/h4,6,8,11-13,17H,3,5,7,9-10H2,1-2H3. The van der Waals surface area contributed by atoms with E-state index < -0.39 is 6.10 Å². The van der Waals surface area contributed by atoms with Gasteiger partial charge in [0.25, 0.3) is 0 Å². The Labute approximate surface area is 124 Å². The van der Waals surface area contributed by atoms with E-state index in [2.05, 4.69) is 0 Å². The number of likely N-dealkylation sites (tertiary alicyclic amines) is 1. The molecule has 1 aliphatic heterocycles. The lowest BCUT2D eigenvalue weighted by atomic mass is 10.0. The van der Waals surface area contributed by atoms with Crippen LogP contribution in [0.3, 0.4) is 0 Å². The molecular weight excluding hydrogens is 274 g/mol. The first-order valence-corrected chi connectivity index (χ1v) is 8.53. The second-order valence-corrected chi connectivity index (χ2v) is 6.36. The number of aliphatic hydroxyl groups excluding tert-OH is 1. The summed E-state index contributed by atoms with van der Waals surface area (Å²) in [6, 6.07) is 3.69. The summed E-state index contributed by atoms with van der Waals surface area (Å²) in [6.45, 7) is 2.80. The second-order valence-electron chi connectivity index (χ2n) is 5.45. The molecule has 0 saturated carbocycles. The van der Waals surface area contributed by atoms with Crippen LogP contribution in [-0.2, 0) is 4.79 Å². The van der Waals surface area contributed by atoms with Gasteiger partial charge in [0.1, 0.15) is 11.9 Å². The highest BCUT2D eigenvalue weighted by atomic mass is 32.2. The topological polar surface area (TPSA) is 53.7 Å². The molecule has 5 heteroatoms. The van der Waals surface area contributed by atoms with Crippen LogP contribution in [0.15, 0.2) is 22.8 Å². The van der Waals surface area contributed by atoms with Crippen molar-refractivity contribution in [3.63, 3.8) is 0 Å². The lowest BCUT2D eigenvalue weighted by Crippen LogP contribution is -2.40. The molecule has 2 rings (SSSR count). The molecule has 1 saturated heterocycles. The van der Waals surface area contributed by atoms with E-state index in [1.54, 1.807) is 30.2 Å². The first-order valence-electron chi connectivity index (χ1n) is 7.14. The highest BCUT2D eigenvalue weighted by Crippen LogP contribution is 2.29. The minimum absolute atomic E-state index is 0.0476. The smallest absolute Gasteiger partial charge is 0.226 e. The predicted octanol–water partition coefficient (Wildman–Crippen LogP) is 2.69. The maximum absolute atomic E-state index is 12.4. The van der Waals surface area contributed by atoms with Gasteiger partial charge >= 0.3 is 0 Å². The fourth-order valence-corrected chi connectivity index (χ4v) is 3.47. The number of rotatable bonds is 6. The largest absolute Gasteiger partial charge is 0.467 e. The van der Waals surface area contributed by atoms with E-state index in [4.69, 9.17) is 4.42 Å². The predicted molar refractivity (Wildman–Crippen MR) is 80.6 cm³/mol. The molecule has 0 spiro atoms. The van der Waals surface area contributed by atoms with Crippen LogP contribution in [0.4, 0.5) is 0 Å². The van der Waals surface area contributed by atoms with Crippen molar-refractivity contribution in [3.8, 4) is 0 Å². The average Bonchev–Trinajstić information content (AvgIpc) is 3.09. The minimum atomic E-state index is -0.626. The van der Waals surface area contributed by atoms with Gasteiger partial charge in [0.15, 0.2) is 0 Å². The lowest BCUT2D eigenvalue weighted by molar-refractivity contribution is -0.135. The Morgan fingerprint density at radius 2 is 2.45 bits per heavy atom. The van der Waals surface area contributed by atoms with Gasteiger partial charge in [0, 0.05) is 30.7 Å². The molecule has 2 heterocycles. The number of carbonyl (C=O) groups excluding carboxylic acids is 1. The van der Waals surface area contributed by atoms with Gasteiger partial charge in [-0.2, -0.15) is 11.8 Å². The van der Waals surface area contributed by atoms with Gasteiger partial charge in [-0.15, -0.1) is 0 Å². The van der Waals surface area contributed by atoms with Crippen LogP contribution in [-0.4, -0.2) is 40.5 Å². The van der Waals surface area contributed by atoms with Gasteiger partial charge in [-0.25, -0.2) is 0 Å². The van der Waals surface area contributed by atoms with Crippen molar-refractivity contribution in [3.05, 3.63) is 24.2 Å². The molecule has 20 heavy (non-hydrogen) atoms. The Hall–Kier alpha value is -0.940. The van der Waals surface area contributed by atoms with E-state index in [1.165, 1.54) is 0 Å². The third-order valence-corrected chi connectivity index (χ3v) is 4.70. The molecule has 3 unspecified atom stereocenters. The van der Waals surface area contributed by atoms with Gasteiger partial charge in [-0.05, 0) is 31.2 Å². The zero-order chi connectivity index (χ0) is 14.5. The summed E-state index contributed by atoms with van der Waals surface area (Å²) < 4.78 is 5.23. The molecule has 0 bridgehead atoms. The molecule has 112 valence electrons. The SMILES string of the molecule is CSCC(C)C(=O)N1CCCC1CC(O)c1ccco1. The Kier molecular flexibility index (Phi) is 5.54. The van der Waals surface area contributed by atoms with E-state index >= 15 is 0 Å². The average molecular weight is 297 g/mol. The van der Waals surface area contributed by atoms with Gasteiger partial charge < -0.3 is 14.4 Å². The number of furan rings is 1. The summed E-state index contributed by atoms with van der Waals surface area (Å²) in [5, 5.41) is 10.2. The van der Waals surface area contributed by atoms with Gasteiger partial charge in [-0.3, -0.25) is 4.79 Å². The van der Waals surface area contributed by atoms with Crippen LogP contribution < -0.4 is 0 Å². The summed E-state index contributed by atoms with van der Waals surface area (Å²) in [4.78, 5) is 14.4. The summed E-state index contributed by atoms with van der Waals surface area (Å²) >= 11 is 1.70. The lowest BCUT2D eigenvalue weighted by Gasteiger charge is -2.28. The van der Waals surface area contributed by atoms with Crippen LogP contribution in [0, 0.1) is 5.92 Å². The van der Waals surface area contributed by atoms with Gasteiger partial charge in [0.05, 0.1) is 6.26 Å². The molecule has 3 atom stereocenters. The van der Waals surface area contributed by atoms with Crippen molar-refractivity contribution < 1.29 is 14.3 Å². The van der Waals surface area contributed by atoms with E-state index in [0.717, 1.165) is 25.1 Å². The van der Waals surface area contributed by atoms with Gasteiger partial charge in [-0.1, -0.05) is 6.92 Å². The Morgan fingerprint density at radius 1 is 1.65 bits per heavy atom. The highest BCUT2D eigenvalue weighted by molar-refractivity contribution is 7.98. The van der Waals surface area contributed by atoms with E-state index in [1.807, 2.05) is 18.1 Å². The Balaban J connectivity index is 1.95. The fraction of sp³-hybridized carbons (Fsp3) is 0.667. The van der Waals surface area contributed by atoms with Crippen molar-refractivity contribution in [2.45, 2.75) is 38.3 Å². The Morgan fingerprint density at radius 3 is 3.10 bits per heavy atom. The first-order chi connectivity index (χ1) is 9.63. The molecule has 1 N–H and O–H groups in total. The highest BCUT2D eigenvalue weighted by Gasteiger charge is 2.33. The van der Waals surface area contributed by atoms with E-state index in [0.29, 0.717) is 12.2 Å². The molecule has 1 amide bonds. The van der Waals surface area contributed by atoms with Crippen molar-refractivity contribution in [1.29, 1.82) is 0 Å². The number of carbonyl (C=O) groups is 1. The maximum atomic E-state index is 12.4. The number of hydrogen-bond donors (Lipinski definition) is 1. The number of nitrogens with zero attached hydrogens (tertiary/aromatic N) is 1. The monoisotopic (exact) mass is 297 g/mol. The van der Waals surface area contributed by atoms with Crippen molar-refractivity contribution >= 4 is 17.7 Å². The fourth-order valence-electron chi connectivity index (χ4n) is 2.83. The number of amides is 1. The summed E-state index contributed by atoms with van der Waals surface area (Å²) in [6.07, 6.45) is 5.51. The summed E-state index contributed by atoms with van der Waals surface area (Å²) in [7, 11) is 0. The third kappa shape index (κ3) is 3.58. The zero-order valence-electron chi connectivity index (χ0n) is 12.1. The molecule has 0 aromatic carbocycles. The molecule has 1 aromatic rings. The molecule has 0 aliphatic carbocycles. The second kappa shape index (κ2) is 7.18. The quantitative estimate of drug-likeness (QED) is 0.877. The number of aliphatic hydroxyl groups is 1. The molecule has 4 nitrogen and oxygen atoms in total. The molecule has 1 aromatic heterocycles. The van der Waals surface area contributed by atoms with E-state index in [-0.39, 0.29) is 17.9 Å². The van der Waals surface area contributed by atoms with Crippen LogP contribution in [0.25, 0.3) is 0 Å². The first kappa shape index (κ1) is 15.4. The summed E-state index contributed by atoms with van der Waals surface area (Å²) in [5.74, 6) is 1.70. The van der Waals surface area contributed by atoms with Crippen LogP contribution in [0.5, 0.6) is 0 Å². The van der Waals surface area contributed by atoms with Crippen LogP contribution >= 0.6 is 11.8 Å². The number of hydrogen-bond acceptors (Lipinski definition) is 4. The molecule has 1 fully saturated rings. The molecule has 1 aliphatic rings. The van der Waals surface area contributed by atoms with Crippen molar-refractivity contribution in [2.75, 3.05) is 18.6 Å². The third-order valence-electron chi connectivity index (χ3n) is 3.87. The van der Waals surface area contributed by atoms with Gasteiger partial charge in [0.2, 0.25) is 5.91 Å². The van der Waals surface area contributed by atoms with Crippen molar-refractivity contribution in [2.24, 2.45) is 5.92 Å². The molecular formula is C15H23NO3S. The molecule has 0 radical (unpaired) electrons. The minimum Gasteiger partial charge on any atom is -0.467 e. The number of thioether (sulfide) groups is 1. The maximum Gasteiger partial charge on any atom is 0.226 e. The zero-order valence-corrected chi connectivity index (χ0v) is 12.9. The van der Waals surface area contributed by atoms with E-state index in [9.17, 15) is 9.90 Å². The summed E-state index contributed by atoms with van der Waals surface area (Å²) in [5.41, 5.74) is 0. The van der Waals surface area contributed by atoms with Crippen LogP contribution in [0.2, 0.25) is 0 Å². The Bertz CT molecular complexity index is 421. The van der Waals surface area contributed by atoms with Crippen molar-refractivity contribution in [1.82, 2.24) is 4.90 Å².